The Balaban J connectivity index is 1.73. The van der Waals surface area contributed by atoms with Crippen LogP contribution in [-0.2, 0) is 6.42 Å². The molecule has 0 spiro atoms. The molecule has 2 aromatic rings. The molecule has 0 saturated carbocycles. The molecule has 4 heteroatoms. The summed E-state index contributed by atoms with van der Waals surface area (Å²) in [5.41, 5.74) is 2.06. The fourth-order valence-electron chi connectivity index (χ4n) is 2.45. The van der Waals surface area contributed by atoms with Gasteiger partial charge in [0.15, 0.2) is 11.5 Å². The van der Waals surface area contributed by atoms with Gasteiger partial charge >= 0.3 is 0 Å². The summed E-state index contributed by atoms with van der Waals surface area (Å²) < 4.78 is 5.08. The number of methoxy groups -OCH3 is 1. The Hall–Kier alpha value is -2.46. The number of hydrogen-bond donors (Lipinski definition) is 3. The number of phenols is 2. The minimum absolute atomic E-state index is 0.126. The SMILES string of the molecule is COc1cc(CC[C@@H](O)CC/C=C/c2ccc(O)cc2)ccc1O. The lowest BCUT2D eigenvalue weighted by molar-refractivity contribution is 0.156. The van der Waals surface area contributed by atoms with Crippen LogP contribution in [0.5, 0.6) is 17.2 Å². The summed E-state index contributed by atoms with van der Waals surface area (Å²) in [5.74, 6) is 0.841. The first-order chi connectivity index (χ1) is 11.6. The maximum atomic E-state index is 10.1. The average molecular weight is 328 g/mol. The number of allylic oxidation sites excluding steroid dienone is 1. The second-order valence-electron chi connectivity index (χ2n) is 5.77. The second kappa shape index (κ2) is 8.99. The van der Waals surface area contributed by atoms with Crippen LogP contribution in [-0.4, -0.2) is 28.5 Å². The van der Waals surface area contributed by atoms with E-state index < -0.39 is 0 Å². The van der Waals surface area contributed by atoms with Gasteiger partial charge < -0.3 is 20.1 Å². The molecule has 0 aliphatic rings. The van der Waals surface area contributed by atoms with Crippen molar-refractivity contribution in [3.63, 3.8) is 0 Å². The van der Waals surface area contributed by atoms with Crippen LogP contribution in [0.15, 0.2) is 48.5 Å². The maximum Gasteiger partial charge on any atom is 0.160 e. The summed E-state index contributed by atoms with van der Waals surface area (Å²) in [5, 5.41) is 28.9. The fourth-order valence-corrected chi connectivity index (χ4v) is 2.45. The number of rotatable bonds is 8. The molecule has 0 radical (unpaired) electrons. The van der Waals surface area contributed by atoms with Gasteiger partial charge in [-0.2, -0.15) is 0 Å². The van der Waals surface area contributed by atoms with E-state index in [0.717, 1.165) is 24.0 Å². The molecule has 0 heterocycles. The van der Waals surface area contributed by atoms with Crippen LogP contribution in [0.3, 0.4) is 0 Å². The van der Waals surface area contributed by atoms with Crippen molar-refractivity contribution < 1.29 is 20.1 Å². The van der Waals surface area contributed by atoms with Crippen molar-refractivity contribution in [3.8, 4) is 17.2 Å². The second-order valence-corrected chi connectivity index (χ2v) is 5.77. The molecule has 0 bridgehead atoms. The predicted molar refractivity (Wildman–Crippen MR) is 95.4 cm³/mol. The molecule has 3 N–H and O–H groups in total. The Morgan fingerprint density at radius 2 is 1.79 bits per heavy atom. The highest BCUT2D eigenvalue weighted by Gasteiger charge is 2.06. The van der Waals surface area contributed by atoms with Crippen molar-refractivity contribution >= 4 is 6.08 Å². The summed E-state index contributed by atoms with van der Waals surface area (Å²) in [6, 6.07) is 12.3. The largest absolute Gasteiger partial charge is 0.508 e. The normalized spacial score (nSPS) is 12.4. The summed E-state index contributed by atoms with van der Waals surface area (Å²) in [6.45, 7) is 0. The highest BCUT2D eigenvalue weighted by Crippen LogP contribution is 2.27. The topological polar surface area (TPSA) is 69.9 Å². The van der Waals surface area contributed by atoms with Crippen molar-refractivity contribution in [3.05, 3.63) is 59.7 Å². The molecule has 2 rings (SSSR count). The molecular formula is C20H24O4. The minimum Gasteiger partial charge on any atom is -0.508 e. The molecule has 4 nitrogen and oxygen atoms in total. The van der Waals surface area contributed by atoms with Gasteiger partial charge in [-0.1, -0.05) is 30.4 Å². The molecule has 1 atom stereocenters. The van der Waals surface area contributed by atoms with Crippen LogP contribution in [0.2, 0.25) is 0 Å². The van der Waals surface area contributed by atoms with Crippen LogP contribution in [0, 0.1) is 0 Å². The number of phenolic OH excluding ortho intramolecular Hbond substituents is 2. The lowest BCUT2D eigenvalue weighted by Gasteiger charge is -2.10. The van der Waals surface area contributed by atoms with E-state index in [1.165, 1.54) is 7.11 Å². The van der Waals surface area contributed by atoms with Crippen LogP contribution in [0.25, 0.3) is 6.08 Å². The van der Waals surface area contributed by atoms with E-state index in [1.54, 1.807) is 24.3 Å². The van der Waals surface area contributed by atoms with Gasteiger partial charge in [0.05, 0.1) is 13.2 Å². The lowest BCUT2D eigenvalue weighted by Crippen LogP contribution is -2.07. The van der Waals surface area contributed by atoms with Gasteiger partial charge in [-0.05, 0) is 61.1 Å². The summed E-state index contributed by atoms with van der Waals surface area (Å²) in [7, 11) is 1.52. The number of benzene rings is 2. The van der Waals surface area contributed by atoms with Crippen LogP contribution >= 0.6 is 0 Å². The third-order valence-electron chi connectivity index (χ3n) is 3.88. The van der Waals surface area contributed by atoms with E-state index in [2.05, 4.69) is 0 Å². The van der Waals surface area contributed by atoms with Gasteiger partial charge in [0, 0.05) is 0 Å². The zero-order chi connectivity index (χ0) is 17.4. The van der Waals surface area contributed by atoms with Gasteiger partial charge in [-0.3, -0.25) is 0 Å². The monoisotopic (exact) mass is 328 g/mol. The van der Waals surface area contributed by atoms with Crippen molar-refractivity contribution in [2.24, 2.45) is 0 Å². The van der Waals surface area contributed by atoms with E-state index >= 15 is 0 Å². The zero-order valence-electron chi connectivity index (χ0n) is 13.9. The number of ether oxygens (including phenoxy) is 1. The van der Waals surface area contributed by atoms with Gasteiger partial charge in [0.1, 0.15) is 5.75 Å². The van der Waals surface area contributed by atoms with E-state index in [9.17, 15) is 15.3 Å². The van der Waals surface area contributed by atoms with Gasteiger partial charge in [-0.25, -0.2) is 0 Å². The van der Waals surface area contributed by atoms with E-state index in [0.29, 0.717) is 18.6 Å². The molecule has 0 aliphatic carbocycles. The number of aliphatic hydroxyl groups excluding tert-OH is 1. The summed E-state index contributed by atoms with van der Waals surface area (Å²) in [4.78, 5) is 0. The minimum atomic E-state index is -0.366. The maximum absolute atomic E-state index is 10.1. The van der Waals surface area contributed by atoms with Crippen molar-refractivity contribution in [1.82, 2.24) is 0 Å². The van der Waals surface area contributed by atoms with Crippen molar-refractivity contribution in [2.45, 2.75) is 31.8 Å². The van der Waals surface area contributed by atoms with Gasteiger partial charge in [0.25, 0.3) is 0 Å². The smallest absolute Gasteiger partial charge is 0.160 e. The van der Waals surface area contributed by atoms with E-state index in [-0.39, 0.29) is 17.6 Å². The number of aliphatic hydroxyl groups is 1. The lowest BCUT2D eigenvalue weighted by atomic mass is 10.0. The van der Waals surface area contributed by atoms with Gasteiger partial charge in [0.2, 0.25) is 0 Å². The van der Waals surface area contributed by atoms with Gasteiger partial charge in [-0.15, -0.1) is 0 Å². The number of aromatic hydroxyl groups is 2. The summed E-state index contributed by atoms with van der Waals surface area (Å²) >= 11 is 0. The Labute approximate surface area is 142 Å². The Bertz CT molecular complexity index is 662. The van der Waals surface area contributed by atoms with Crippen LogP contribution < -0.4 is 4.74 Å². The standard InChI is InChI=1S/C20H24O4/c1-24-20-14-16(9-13-19(20)23)8-12-17(21)5-3-2-4-15-6-10-18(22)11-7-15/h2,4,6-7,9-11,13-14,17,21-23H,3,5,8,12H2,1H3/b4-2+/t17-/m0/s1. The Morgan fingerprint density at radius 3 is 2.50 bits per heavy atom. The molecule has 0 aliphatic heterocycles. The van der Waals surface area contributed by atoms with Crippen LogP contribution in [0.1, 0.15) is 30.4 Å². The third-order valence-corrected chi connectivity index (χ3v) is 3.88. The van der Waals surface area contributed by atoms with E-state index in [1.807, 2.05) is 30.4 Å². The predicted octanol–water partition coefficient (Wildman–Crippen LogP) is 3.89. The first kappa shape index (κ1) is 17.9. The van der Waals surface area contributed by atoms with E-state index in [4.69, 9.17) is 4.74 Å². The van der Waals surface area contributed by atoms with Crippen molar-refractivity contribution in [2.75, 3.05) is 7.11 Å². The molecule has 2 aromatic carbocycles. The molecule has 128 valence electrons. The number of hydrogen-bond acceptors (Lipinski definition) is 4. The molecule has 0 aromatic heterocycles. The quantitative estimate of drug-likeness (QED) is 0.687. The molecule has 24 heavy (non-hydrogen) atoms. The molecule has 0 fully saturated rings. The molecular weight excluding hydrogens is 304 g/mol. The summed E-state index contributed by atoms with van der Waals surface area (Å²) in [6.07, 6.45) is 6.54. The Morgan fingerprint density at radius 1 is 1.04 bits per heavy atom. The molecule has 0 amide bonds. The Kier molecular flexibility index (Phi) is 6.70. The fraction of sp³-hybridized carbons (Fsp3) is 0.300. The van der Waals surface area contributed by atoms with Crippen LogP contribution in [0.4, 0.5) is 0 Å². The first-order valence-electron chi connectivity index (χ1n) is 8.08. The zero-order valence-corrected chi connectivity index (χ0v) is 13.9. The average Bonchev–Trinajstić information content (AvgIpc) is 2.59. The highest BCUT2D eigenvalue weighted by atomic mass is 16.5. The number of aryl methyl sites for hydroxylation is 1. The highest BCUT2D eigenvalue weighted by molar-refractivity contribution is 5.50. The first-order valence-corrected chi connectivity index (χ1v) is 8.08. The molecule has 0 saturated heterocycles. The third kappa shape index (κ3) is 5.63. The van der Waals surface area contributed by atoms with Crippen molar-refractivity contribution in [1.29, 1.82) is 0 Å². The molecule has 0 unspecified atom stereocenters.